The van der Waals surface area contributed by atoms with Gasteiger partial charge >= 0.3 is 0 Å². The van der Waals surface area contributed by atoms with Gasteiger partial charge in [0.15, 0.2) is 6.61 Å². The molecule has 1 aromatic rings. The minimum atomic E-state index is -3.75. The van der Waals surface area contributed by atoms with Gasteiger partial charge in [0.1, 0.15) is 16.4 Å². The predicted octanol–water partition coefficient (Wildman–Crippen LogP) is 0.138. The molecule has 126 valence electrons. The third-order valence-corrected chi connectivity index (χ3v) is 5.82. The Kier molecular flexibility index (Phi) is 4.17. The molecule has 2 aliphatic heterocycles. The van der Waals surface area contributed by atoms with Gasteiger partial charge in [-0.3, -0.25) is 4.79 Å². The summed E-state index contributed by atoms with van der Waals surface area (Å²) in [7, 11) is -2.37. The smallest absolute Gasteiger partial charge is 0.262 e. The van der Waals surface area contributed by atoms with E-state index < -0.39 is 10.0 Å². The normalized spacial score (nSPS) is 22.0. The van der Waals surface area contributed by atoms with Gasteiger partial charge in [0.2, 0.25) is 10.0 Å². The van der Waals surface area contributed by atoms with Crippen LogP contribution in [0, 0.1) is 0 Å². The summed E-state index contributed by atoms with van der Waals surface area (Å²) < 4.78 is 37.7. The van der Waals surface area contributed by atoms with Crippen LogP contribution in [-0.2, 0) is 14.8 Å². The monoisotopic (exact) mass is 341 g/mol. The highest BCUT2D eigenvalue weighted by Gasteiger charge is 2.33. The van der Waals surface area contributed by atoms with Gasteiger partial charge in [-0.2, -0.15) is 4.31 Å². The van der Waals surface area contributed by atoms with Gasteiger partial charge < -0.3 is 20.5 Å². The summed E-state index contributed by atoms with van der Waals surface area (Å²) in [6, 6.07) is 2.68. The minimum absolute atomic E-state index is 0.0176. The molecule has 0 radical (unpaired) electrons. The number of hydrogen-bond acceptors (Lipinski definition) is 6. The second-order valence-corrected chi connectivity index (χ2v) is 7.51. The maximum atomic E-state index is 12.9. The molecule has 3 rings (SSSR count). The number of fused-ring (bicyclic) bond motifs is 1. The summed E-state index contributed by atoms with van der Waals surface area (Å²) in [6.07, 6.45) is 1.53. The van der Waals surface area contributed by atoms with Crippen molar-refractivity contribution >= 4 is 21.6 Å². The SMILES string of the molecule is COc1cc2c(cc1S(=O)(=O)N1CCC[C@@H](N)C1)OCC(=O)N2. The number of nitrogens with two attached hydrogens (primary N) is 1. The Balaban J connectivity index is 2.02. The van der Waals surface area contributed by atoms with Crippen LogP contribution in [0.3, 0.4) is 0 Å². The zero-order valence-electron chi connectivity index (χ0n) is 12.7. The first kappa shape index (κ1) is 16.0. The van der Waals surface area contributed by atoms with Gasteiger partial charge in [-0.25, -0.2) is 8.42 Å². The van der Waals surface area contributed by atoms with Crippen molar-refractivity contribution < 1.29 is 22.7 Å². The summed E-state index contributed by atoms with van der Waals surface area (Å²) in [5.41, 5.74) is 6.28. The highest BCUT2D eigenvalue weighted by atomic mass is 32.2. The van der Waals surface area contributed by atoms with Crippen LogP contribution in [0.5, 0.6) is 11.5 Å². The summed E-state index contributed by atoms with van der Waals surface area (Å²) >= 11 is 0. The van der Waals surface area contributed by atoms with Crippen molar-refractivity contribution in [2.24, 2.45) is 5.73 Å². The topological polar surface area (TPSA) is 111 Å². The van der Waals surface area contributed by atoms with Gasteiger partial charge in [-0.1, -0.05) is 0 Å². The Morgan fingerprint density at radius 2 is 2.22 bits per heavy atom. The molecule has 0 saturated carbocycles. The lowest BCUT2D eigenvalue weighted by molar-refractivity contribution is -0.118. The molecular weight excluding hydrogens is 322 g/mol. The minimum Gasteiger partial charge on any atom is -0.495 e. The quantitative estimate of drug-likeness (QED) is 0.809. The maximum Gasteiger partial charge on any atom is 0.262 e. The molecule has 0 unspecified atom stereocenters. The van der Waals surface area contributed by atoms with Crippen molar-refractivity contribution in [3.63, 3.8) is 0 Å². The molecule has 0 aromatic heterocycles. The van der Waals surface area contributed by atoms with Gasteiger partial charge in [0.25, 0.3) is 5.91 Å². The number of nitrogens with zero attached hydrogens (tertiary/aromatic N) is 1. The highest BCUT2D eigenvalue weighted by molar-refractivity contribution is 7.89. The summed E-state index contributed by atoms with van der Waals surface area (Å²) in [4.78, 5) is 11.4. The van der Waals surface area contributed by atoms with E-state index in [4.69, 9.17) is 15.2 Å². The molecule has 23 heavy (non-hydrogen) atoms. The Morgan fingerprint density at radius 3 is 2.91 bits per heavy atom. The van der Waals surface area contributed by atoms with Gasteiger partial charge in [-0.15, -0.1) is 0 Å². The van der Waals surface area contributed by atoms with Crippen LogP contribution in [0.2, 0.25) is 0 Å². The van der Waals surface area contributed by atoms with Crippen LogP contribution in [0.4, 0.5) is 5.69 Å². The largest absolute Gasteiger partial charge is 0.495 e. The van der Waals surface area contributed by atoms with Crippen LogP contribution in [0.25, 0.3) is 0 Å². The van der Waals surface area contributed by atoms with E-state index in [0.717, 1.165) is 12.8 Å². The third-order valence-electron chi connectivity index (χ3n) is 3.94. The predicted molar refractivity (Wildman–Crippen MR) is 83.1 cm³/mol. The molecule has 9 heteroatoms. The van der Waals surface area contributed by atoms with E-state index in [2.05, 4.69) is 5.32 Å². The van der Waals surface area contributed by atoms with E-state index in [9.17, 15) is 13.2 Å². The number of anilines is 1. The van der Waals surface area contributed by atoms with Crippen molar-refractivity contribution in [2.75, 3.05) is 32.1 Å². The lowest BCUT2D eigenvalue weighted by atomic mass is 10.1. The molecule has 8 nitrogen and oxygen atoms in total. The fourth-order valence-electron chi connectivity index (χ4n) is 2.78. The summed E-state index contributed by atoms with van der Waals surface area (Å²) in [6.45, 7) is 0.557. The van der Waals surface area contributed by atoms with Gasteiger partial charge in [-0.05, 0) is 12.8 Å². The summed E-state index contributed by atoms with van der Waals surface area (Å²) in [5, 5.41) is 2.63. The summed E-state index contributed by atoms with van der Waals surface area (Å²) in [5.74, 6) is 0.177. The van der Waals surface area contributed by atoms with Crippen molar-refractivity contribution in [3.05, 3.63) is 12.1 Å². The average molecular weight is 341 g/mol. The second kappa shape index (κ2) is 5.99. The second-order valence-electron chi connectivity index (χ2n) is 5.60. The number of nitrogens with one attached hydrogen (secondary N) is 1. The van der Waals surface area contributed by atoms with Crippen LogP contribution < -0.4 is 20.5 Å². The Hall–Kier alpha value is -1.84. The van der Waals surface area contributed by atoms with Crippen LogP contribution >= 0.6 is 0 Å². The zero-order chi connectivity index (χ0) is 16.6. The van der Waals surface area contributed by atoms with E-state index in [1.165, 1.54) is 23.5 Å². The van der Waals surface area contributed by atoms with Crippen molar-refractivity contribution in [2.45, 2.75) is 23.8 Å². The van der Waals surface area contributed by atoms with Crippen LogP contribution in [0.1, 0.15) is 12.8 Å². The number of carbonyl (C=O) groups is 1. The number of ether oxygens (including phenoxy) is 2. The molecule has 1 amide bonds. The number of amides is 1. The lowest BCUT2D eigenvalue weighted by Crippen LogP contribution is -2.45. The molecule has 1 saturated heterocycles. The fourth-order valence-corrected chi connectivity index (χ4v) is 4.47. The number of rotatable bonds is 3. The number of carbonyl (C=O) groups excluding carboxylic acids is 1. The molecule has 1 fully saturated rings. The molecule has 1 atom stereocenters. The van der Waals surface area contributed by atoms with E-state index >= 15 is 0 Å². The zero-order valence-corrected chi connectivity index (χ0v) is 13.6. The Bertz CT molecular complexity index is 734. The Morgan fingerprint density at radius 1 is 1.43 bits per heavy atom. The van der Waals surface area contributed by atoms with E-state index in [1.54, 1.807) is 0 Å². The van der Waals surface area contributed by atoms with E-state index in [0.29, 0.717) is 18.0 Å². The van der Waals surface area contributed by atoms with E-state index in [1.807, 2.05) is 0 Å². The molecular formula is C14H19N3O5S. The third kappa shape index (κ3) is 2.99. The molecule has 1 aromatic carbocycles. The average Bonchev–Trinajstić information content (AvgIpc) is 2.53. The number of piperidine rings is 1. The molecule has 0 bridgehead atoms. The van der Waals surface area contributed by atoms with Crippen LogP contribution in [-0.4, -0.2) is 51.5 Å². The highest BCUT2D eigenvalue weighted by Crippen LogP contribution is 2.38. The molecule has 0 spiro atoms. The first-order valence-corrected chi connectivity index (χ1v) is 8.76. The molecule has 2 heterocycles. The van der Waals surface area contributed by atoms with Gasteiger partial charge in [0, 0.05) is 31.3 Å². The number of sulfonamides is 1. The van der Waals surface area contributed by atoms with Crippen molar-refractivity contribution in [1.29, 1.82) is 0 Å². The molecule has 3 N–H and O–H groups in total. The number of methoxy groups -OCH3 is 1. The number of hydrogen-bond donors (Lipinski definition) is 2. The van der Waals surface area contributed by atoms with Crippen LogP contribution in [0.15, 0.2) is 17.0 Å². The van der Waals surface area contributed by atoms with Crippen molar-refractivity contribution in [1.82, 2.24) is 4.31 Å². The maximum absolute atomic E-state index is 12.9. The van der Waals surface area contributed by atoms with E-state index in [-0.39, 0.29) is 35.7 Å². The lowest BCUT2D eigenvalue weighted by Gasteiger charge is -2.30. The molecule has 0 aliphatic carbocycles. The standard InChI is InChI=1S/C14H19N3O5S/c1-21-12-5-10-11(22-8-14(18)16-10)6-13(12)23(19,20)17-4-2-3-9(15)7-17/h5-6,9H,2-4,7-8,15H2,1H3,(H,16,18)/t9-/m1/s1. The number of benzene rings is 1. The van der Waals surface area contributed by atoms with Crippen molar-refractivity contribution in [3.8, 4) is 11.5 Å². The molecule has 2 aliphatic rings. The Labute approximate surface area is 134 Å². The first-order valence-electron chi connectivity index (χ1n) is 7.32. The van der Waals surface area contributed by atoms with Gasteiger partial charge in [0.05, 0.1) is 12.8 Å². The fraction of sp³-hybridized carbons (Fsp3) is 0.500. The first-order chi connectivity index (χ1) is 10.9.